The Morgan fingerprint density at radius 2 is 2.00 bits per heavy atom. The highest BCUT2D eigenvalue weighted by Gasteiger charge is 2.23. The molecule has 0 spiro atoms. The summed E-state index contributed by atoms with van der Waals surface area (Å²) in [6, 6.07) is 8.26. The van der Waals surface area contributed by atoms with E-state index in [4.69, 9.17) is 4.42 Å². The van der Waals surface area contributed by atoms with Crippen molar-refractivity contribution in [1.29, 1.82) is 0 Å². The van der Waals surface area contributed by atoms with Gasteiger partial charge in [-0.1, -0.05) is 38.5 Å². The minimum atomic E-state index is -0.665. The van der Waals surface area contributed by atoms with Crippen LogP contribution in [-0.4, -0.2) is 17.3 Å². The minimum absolute atomic E-state index is 0.0932. The molecule has 3 nitrogen and oxygen atoms in total. The lowest BCUT2D eigenvalue weighted by Gasteiger charge is -2.25. The molecule has 1 aromatic carbocycles. The second kappa shape index (κ2) is 6.63. The standard InChI is InChI=1S/C18H27NO2/c1-5-11-18(4,20)12-19-13(3)17-14(6-2)15-9-7-8-10-16(15)21-17/h7-10,13,19-20H,5-6,11-12H2,1-4H3. The molecule has 3 heteroatoms. The van der Waals surface area contributed by atoms with Crippen molar-refractivity contribution in [2.75, 3.05) is 6.54 Å². The number of fused-ring (bicyclic) bond motifs is 1. The van der Waals surface area contributed by atoms with Crippen molar-refractivity contribution in [2.24, 2.45) is 0 Å². The van der Waals surface area contributed by atoms with Crippen molar-refractivity contribution in [3.05, 3.63) is 35.6 Å². The van der Waals surface area contributed by atoms with E-state index < -0.39 is 5.60 Å². The first-order valence-corrected chi connectivity index (χ1v) is 7.94. The van der Waals surface area contributed by atoms with Gasteiger partial charge in [-0.3, -0.25) is 0 Å². The number of benzene rings is 1. The monoisotopic (exact) mass is 289 g/mol. The number of hydrogen-bond acceptors (Lipinski definition) is 3. The Hall–Kier alpha value is -1.32. The molecule has 2 N–H and O–H groups in total. The van der Waals surface area contributed by atoms with E-state index in [0.717, 1.165) is 30.6 Å². The van der Waals surface area contributed by atoms with Crippen LogP contribution in [0.5, 0.6) is 0 Å². The Morgan fingerprint density at radius 1 is 1.29 bits per heavy atom. The van der Waals surface area contributed by atoms with Crippen molar-refractivity contribution >= 4 is 11.0 Å². The molecule has 0 bridgehead atoms. The number of furan rings is 1. The molecule has 0 radical (unpaired) electrons. The molecule has 2 aromatic rings. The maximum absolute atomic E-state index is 10.3. The van der Waals surface area contributed by atoms with Gasteiger partial charge in [0.2, 0.25) is 0 Å². The van der Waals surface area contributed by atoms with Crippen LogP contribution in [0.25, 0.3) is 11.0 Å². The molecule has 2 atom stereocenters. The third-order valence-electron chi connectivity index (χ3n) is 4.05. The lowest BCUT2D eigenvalue weighted by Crippen LogP contribution is -2.38. The van der Waals surface area contributed by atoms with E-state index >= 15 is 0 Å². The third kappa shape index (κ3) is 3.66. The van der Waals surface area contributed by atoms with Crippen LogP contribution in [0.1, 0.15) is 57.9 Å². The normalized spacial score (nSPS) is 16.0. The fourth-order valence-electron chi connectivity index (χ4n) is 2.92. The van der Waals surface area contributed by atoms with E-state index in [-0.39, 0.29) is 6.04 Å². The van der Waals surface area contributed by atoms with E-state index in [1.807, 2.05) is 25.1 Å². The fourth-order valence-corrected chi connectivity index (χ4v) is 2.92. The van der Waals surface area contributed by atoms with Gasteiger partial charge in [0.15, 0.2) is 0 Å². The zero-order valence-electron chi connectivity index (χ0n) is 13.6. The largest absolute Gasteiger partial charge is 0.459 e. The predicted octanol–water partition coefficient (Wildman–Crippen LogP) is 4.20. The highest BCUT2D eigenvalue weighted by molar-refractivity contribution is 5.82. The van der Waals surface area contributed by atoms with Gasteiger partial charge < -0.3 is 14.8 Å². The maximum atomic E-state index is 10.3. The number of nitrogens with one attached hydrogen (secondary N) is 1. The van der Waals surface area contributed by atoms with Crippen LogP contribution in [-0.2, 0) is 6.42 Å². The molecular formula is C18H27NO2. The molecule has 0 aliphatic carbocycles. The van der Waals surface area contributed by atoms with Crippen LogP contribution in [0, 0.1) is 0 Å². The molecule has 2 rings (SSSR count). The summed E-state index contributed by atoms with van der Waals surface area (Å²) in [6.45, 7) is 8.80. The van der Waals surface area contributed by atoms with E-state index in [1.165, 1.54) is 10.9 Å². The van der Waals surface area contributed by atoms with Gasteiger partial charge in [-0.15, -0.1) is 0 Å². The number of rotatable bonds is 7. The van der Waals surface area contributed by atoms with Gasteiger partial charge in [-0.25, -0.2) is 0 Å². The molecule has 0 saturated carbocycles. The van der Waals surface area contributed by atoms with Gasteiger partial charge in [0.05, 0.1) is 11.6 Å². The van der Waals surface area contributed by atoms with Crippen LogP contribution < -0.4 is 5.32 Å². The van der Waals surface area contributed by atoms with Gasteiger partial charge in [-0.05, 0) is 32.8 Å². The zero-order chi connectivity index (χ0) is 15.5. The summed E-state index contributed by atoms with van der Waals surface area (Å²) in [6.07, 6.45) is 2.73. The molecule has 116 valence electrons. The summed E-state index contributed by atoms with van der Waals surface area (Å²) in [5.74, 6) is 0.992. The molecule has 0 aliphatic rings. The molecular weight excluding hydrogens is 262 g/mol. The Balaban J connectivity index is 2.17. The molecule has 0 amide bonds. The number of aryl methyl sites for hydroxylation is 1. The third-order valence-corrected chi connectivity index (χ3v) is 4.05. The lowest BCUT2D eigenvalue weighted by molar-refractivity contribution is 0.0470. The summed E-state index contributed by atoms with van der Waals surface area (Å²) in [5, 5.41) is 14.9. The molecule has 1 heterocycles. The van der Waals surface area contributed by atoms with Crippen LogP contribution in [0.3, 0.4) is 0 Å². The van der Waals surface area contributed by atoms with Gasteiger partial charge in [0.25, 0.3) is 0 Å². The average molecular weight is 289 g/mol. The summed E-state index contributed by atoms with van der Waals surface area (Å²) >= 11 is 0. The Morgan fingerprint density at radius 3 is 2.67 bits per heavy atom. The highest BCUT2D eigenvalue weighted by Crippen LogP contribution is 2.30. The highest BCUT2D eigenvalue weighted by atomic mass is 16.3. The van der Waals surface area contributed by atoms with Crippen molar-refractivity contribution in [2.45, 2.75) is 58.6 Å². The molecule has 2 unspecified atom stereocenters. The van der Waals surface area contributed by atoms with Crippen LogP contribution >= 0.6 is 0 Å². The van der Waals surface area contributed by atoms with E-state index in [9.17, 15) is 5.11 Å². The molecule has 1 aromatic heterocycles. The van der Waals surface area contributed by atoms with Crippen LogP contribution in [0.4, 0.5) is 0 Å². The molecule has 0 fully saturated rings. The quantitative estimate of drug-likeness (QED) is 0.803. The van der Waals surface area contributed by atoms with E-state index in [1.54, 1.807) is 0 Å². The Labute approximate surface area is 127 Å². The van der Waals surface area contributed by atoms with E-state index in [2.05, 4.69) is 32.2 Å². The average Bonchev–Trinajstić information content (AvgIpc) is 2.83. The van der Waals surface area contributed by atoms with Crippen molar-refractivity contribution in [3.8, 4) is 0 Å². The summed E-state index contributed by atoms with van der Waals surface area (Å²) < 4.78 is 6.03. The van der Waals surface area contributed by atoms with E-state index in [0.29, 0.717) is 6.54 Å². The predicted molar refractivity (Wildman–Crippen MR) is 87.5 cm³/mol. The number of aliphatic hydroxyl groups is 1. The lowest BCUT2D eigenvalue weighted by atomic mass is 9.99. The fraction of sp³-hybridized carbons (Fsp3) is 0.556. The SMILES string of the molecule is CCCC(C)(O)CNC(C)c1oc2ccccc2c1CC. The van der Waals surface area contributed by atoms with Gasteiger partial charge in [0.1, 0.15) is 11.3 Å². The summed E-state index contributed by atoms with van der Waals surface area (Å²) in [4.78, 5) is 0. The Bertz CT molecular complexity index is 586. The van der Waals surface area contributed by atoms with Crippen molar-refractivity contribution in [1.82, 2.24) is 5.32 Å². The maximum Gasteiger partial charge on any atom is 0.134 e. The summed E-state index contributed by atoms with van der Waals surface area (Å²) in [5.41, 5.74) is 1.54. The number of para-hydroxylation sites is 1. The molecule has 21 heavy (non-hydrogen) atoms. The zero-order valence-corrected chi connectivity index (χ0v) is 13.6. The van der Waals surface area contributed by atoms with Crippen molar-refractivity contribution in [3.63, 3.8) is 0 Å². The summed E-state index contributed by atoms with van der Waals surface area (Å²) in [7, 11) is 0. The van der Waals surface area contributed by atoms with Gasteiger partial charge in [0, 0.05) is 17.5 Å². The second-order valence-electron chi connectivity index (χ2n) is 6.14. The number of hydrogen-bond donors (Lipinski definition) is 2. The van der Waals surface area contributed by atoms with Crippen LogP contribution in [0.15, 0.2) is 28.7 Å². The second-order valence-corrected chi connectivity index (χ2v) is 6.14. The topological polar surface area (TPSA) is 45.4 Å². The van der Waals surface area contributed by atoms with Gasteiger partial charge >= 0.3 is 0 Å². The Kier molecular flexibility index (Phi) is 5.07. The van der Waals surface area contributed by atoms with Crippen LogP contribution in [0.2, 0.25) is 0 Å². The molecule has 0 aliphatic heterocycles. The minimum Gasteiger partial charge on any atom is -0.459 e. The molecule has 0 saturated heterocycles. The first kappa shape index (κ1) is 16.1. The van der Waals surface area contributed by atoms with Crippen molar-refractivity contribution < 1.29 is 9.52 Å². The van der Waals surface area contributed by atoms with Gasteiger partial charge in [-0.2, -0.15) is 0 Å². The smallest absolute Gasteiger partial charge is 0.134 e. The first-order valence-electron chi connectivity index (χ1n) is 7.94. The first-order chi connectivity index (χ1) is 9.98.